The van der Waals surface area contributed by atoms with Gasteiger partial charge in [0.2, 0.25) is 5.91 Å². The molecule has 5 heteroatoms. The summed E-state index contributed by atoms with van der Waals surface area (Å²) in [6.07, 6.45) is 0. The van der Waals surface area contributed by atoms with Crippen LogP contribution in [0.5, 0.6) is 0 Å². The normalized spacial score (nSPS) is 15.1. The molecule has 0 aromatic heterocycles. The number of primary amides is 1. The van der Waals surface area contributed by atoms with Gasteiger partial charge in [-0.3, -0.25) is 14.4 Å². The number of amides is 1. The lowest BCUT2D eigenvalue weighted by atomic mass is 9.73. The topological polar surface area (TPSA) is 80.5 Å². The zero-order valence-corrected chi connectivity index (χ0v) is 21.9. The Kier molecular flexibility index (Phi) is 7.25. The van der Waals surface area contributed by atoms with Crippen LogP contribution in [0.15, 0.2) is 101 Å². The number of hydrogen-bond acceptors (Lipinski definition) is 4. The van der Waals surface area contributed by atoms with Gasteiger partial charge in [0.1, 0.15) is 6.04 Å². The van der Waals surface area contributed by atoms with Crippen molar-refractivity contribution >= 4 is 17.5 Å². The summed E-state index contributed by atoms with van der Waals surface area (Å²) in [6.45, 7) is 9.40. The molecule has 3 aromatic rings. The maximum Gasteiger partial charge on any atom is 0.240 e. The van der Waals surface area contributed by atoms with Gasteiger partial charge < -0.3 is 10.6 Å². The molecule has 1 aliphatic heterocycles. The van der Waals surface area contributed by atoms with E-state index in [4.69, 9.17) is 5.73 Å². The van der Waals surface area contributed by atoms with E-state index in [-0.39, 0.29) is 11.6 Å². The smallest absolute Gasteiger partial charge is 0.240 e. The second-order valence-corrected chi connectivity index (χ2v) is 9.56. The first-order valence-electron chi connectivity index (χ1n) is 12.4. The Morgan fingerprint density at radius 3 is 1.59 bits per heavy atom. The highest BCUT2D eigenvalue weighted by Crippen LogP contribution is 2.46. The number of allylic oxidation sites excluding steroid dienone is 4. The minimum atomic E-state index is -0.753. The Labute approximate surface area is 218 Å². The van der Waals surface area contributed by atoms with E-state index in [1.807, 2.05) is 82.3 Å². The number of Topliss-reactive ketones (excluding diaryl/α,β-unsaturated/α-hetero) is 2. The van der Waals surface area contributed by atoms with Crippen LogP contribution < -0.4 is 5.73 Å². The molecular formula is C32H32N2O3. The van der Waals surface area contributed by atoms with Gasteiger partial charge in [-0.1, -0.05) is 78.9 Å². The molecule has 0 aliphatic carbocycles. The van der Waals surface area contributed by atoms with E-state index in [0.717, 1.165) is 16.7 Å². The Morgan fingerprint density at radius 1 is 0.703 bits per heavy atom. The van der Waals surface area contributed by atoms with Gasteiger partial charge in [-0.15, -0.1) is 0 Å². The van der Waals surface area contributed by atoms with Crippen LogP contribution in [0.4, 0.5) is 0 Å². The predicted molar refractivity (Wildman–Crippen MR) is 146 cm³/mol. The highest BCUT2D eigenvalue weighted by molar-refractivity contribution is 6.16. The maximum absolute atomic E-state index is 14.2. The molecule has 1 aliphatic rings. The lowest BCUT2D eigenvalue weighted by Gasteiger charge is -2.41. The van der Waals surface area contributed by atoms with E-state index >= 15 is 0 Å². The van der Waals surface area contributed by atoms with Crippen LogP contribution in [-0.2, 0) is 4.79 Å². The number of ketones is 2. The van der Waals surface area contributed by atoms with Gasteiger partial charge in [-0.2, -0.15) is 0 Å². The molecule has 1 atom stereocenters. The Balaban J connectivity index is 2.08. The summed E-state index contributed by atoms with van der Waals surface area (Å²) < 4.78 is 0. The van der Waals surface area contributed by atoms with Crippen molar-refractivity contribution in [3.05, 3.63) is 129 Å². The van der Waals surface area contributed by atoms with Crippen molar-refractivity contribution in [3.63, 3.8) is 0 Å². The van der Waals surface area contributed by atoms with Crippen LogP contribution in [0.25, 0.3) is 0 Å². The molecule has 37 heavy (non-hydrogen) atoms. The minimum Gasteiger partial charge on any atom is -0.368 e. The van der Waals surface area contributed by atoms with Gasteiger partial charge in [0.25, 0.3) is 0 Å². The van der Waals surface area contributed by atoms with Crippen molar-refractivity contribution in [3.8, 4) is 0 Å². The van der Waals surface area contributed by atoms with E-state index in [0.29, 0.717) is 33.7 Å². The second-order valence-electron chi connectivity index (χ2n) is 9.56. The lowest BCUT2D eigenvalue weighted by molar-refractivity contribution is -0.121. The minimum absolute atomic E-state index is 0.184. The number of aryl methyl sites for hydroxylation is 1. The third-order valence-electron chi connectivity index (χ3n) is 7.40. The number of nitrogens with zero attached hydrogens (tertiary/aromatic N) is 1. The van der Waals surface area contributed by atoms with E-state index in [1.165, 1.54) is 0 Å². The highest BCUT2D eigenvalue weighted by Gasteiger charge is 2.41. The molecule has 0 spiro atoms. The van der Waals surface area contributed by atoms with Crippen molar-refractivity contribution < 1.29 is 14.4 Å². The summed E-state index contributed by atoms with van der Waals surface area (Å²) in [6, 6.07) is 23.3. The molecule has 0 bridgehead atoms. The second kappa shape index (κ2) is 10.4. The van der Waals surface area contributed by atoms with Crippen LogP contribution in [0.3, 0.4) is 0 Å². The molecule has 1 heterocycles. The summed E-state index contributed by atoms with van der Waals surface area (Å²) in [4.78, 5) is 42.6. The highest BCUT2D eigenvalue weighted by atomic mass is 16.1. The van der Waals surface area contributed by atoms with E-state index in [2.05, 4.69) is 0 Å². The summed E-state index contributed by atoms with van der Waals surface area (Å²) in [5.41, 5.74) is 11.9. The summed E-state index contributed by atoms with van der Waals surface area (Å²) in [7, 11) is 0. The Hall–Kier alpha value is -4.25. The van der Waals surface area contributed by atoms with Crippen LogP contribution in [0.1, 0.15) is 64.1 Å². The Morgan fingerprint density at radius 2 is 1.16 bits per heavy atom. The van der Waals surface area contributed by atoms with Crippen molar-refractivity contribution in [2.24, 2.45) is 5.73 Å². The van der Waals surface area contributed by atoms with Gasteiger partial charge in [0, 0.05) is 39.6 Å². The average molecular weight is 493 g/mol. The molecule has 1 unspecified atom stereocenters. The van der Waals surface area contributed by atoms with Crippen molar-refractivity contribution in [1.82, 2.24) is 4.90 Å². The largest absolute Gasteiger partial charge is 0.368 e. The molecule has 2 N–H and O–H groups in total. The quantitative estimate of drug-likeness (QED) is 0.417. The standard InChI is InChI=1S/C32H32N2O3/c1-19-13-12-18-26(20(19)2)29-27(30(35)24-14-8-6-9-15-24)21(3)34(23(5)32(33)37)22(4)28(29)31(36)25-16-10-7-11-17-25/h6-18,23,29H,1-5H3,(H2,33,37). The van der Waals surface area contributed by atoms with Crippen LogP contribution >= 0.6 is 0 Å². The average Bonchev–Trinajstić information content (AvgIpc) is 2.90. The zero-order valence-electron chi connectivity index (χ0n) is 21.9. The molecule has 4 rings (SSSR count). The molecule has 0 fully saturated rings. The summed E-state index contributed by atoms with van der Waals surface area (Å²) >= 11 is 0. The number of carbonyl (C=O) groups is 3. The molecule has 0 saturated heterocycles. The van der Waals surface area contributed by atoms with Gasteiger partial charge in [-0.25, -0.2) is 0 Å². The van der Waals surface area contributed by atoms with Crippen molar-refractivity contribution in [1.29, 1.82) is 0 Å². The first kappa shape index (κ1) is 25.8. The van der Waals surface area contributed by atoms with Crippen molar-refractivity contribution in [2.45, 2.75) is 46.6 Å². The fourth-order valence-electron chi connectivity index (χ4n) is 5.26. The predicted octanol–water partition coefficient (Wildman–Crippen LogP) is 5.89. The fraction of sp³-hybridized carbons (Fsp3) is 0.219. The number of rotatable bonds is 7. The van der Waals surface area contributed by atoms with E-state index in [1.54, 1.807) is 36.1 Å². The van der Waals surface area contributed by atoms with Crippen LogP contribution in [0, 0.1) is 13.8 Å². The molecule has 1 amide bonds. The third kappa shape index (κ3) is 4.65. The summed E-state index contributed by atoms with van der Waals surface area (Å²) in [5.74, 6) is -1.52. The van der Waals surface area contributed by atoms with Gasteiger partial charge in [-0.05, 0) is 51.3 Å². The molecule has 0 radical (unpaired) electrons. The van der Waals surface area contributed by atoms with Crippen LogP contribution in [-0.4, -0.2) is 28.4 Å². The molecular weight excluding hydrogens is 460 g/mol. The number of nitrogens with two attached hydrogens (primary N) is 1. The first-order valence-corrected chi connectivity index (χ1v) is 12.4. The van der Waals surface area contributed by atoms with Gasteiger partial charge in [0.05, 0.1) is 0 Å². The SMILES string of the molecule is CC1=C(C(=O)c2ccccc2)C(c2cccc(C)c2C)C(C(=O)c2ccccc2)=C(C)N1C(C)C(N)=O. The third-order valence-corrected chi connectivity index (χ3v) is 7.40. The van der Waals surface area contributed by atoms with Crippen LogP contribution in [0.2, 0.25) is 0 Å². The molecule has 0 saturated carbocycles. The van der Waals surface area contributed by atoms with E-state index in [9.17, 15) is 14.4 Å². The summed E-state index contributed by atoms with van der Waals surface area (Å²) in [5, 5.41) is 0. The van der Waals surface area contributed by atoms with Gasteiger partial charge >= 0.3 is 0 Å². The maximum atomic E-state index is 14.2. The fourth-order valence-corrected chi connectivity index (χ4v) is 5.26. The number of hydrogen-bond donors (Lipinski definition) is 1. The number of carbonyl (C=O) groups excluding carboxylic acids is 3. The molecule has 188 valence electrons. The monoisotopic (exact) mass is 492 g/mol. The van der Waals surface area contributed by atoms with Crippen molar-refractivity contribution in [2.75, 3.05) is 0 Å². The Bertz CT molecular complexity index is 1360. The zero-order chi connectivity index (χ0) is 26.9. The van der Waals surface area contributed by atoms with Gasteiger partial charge in [0.15, 0.2) is 11.6 Å². The molecule has 3 aromatic carbocycles. The molecule has 5 nitrogen and oxygen atoms in total. The lowest BCUT2D eigenvalue weighted by Crippen LogP contribution is -2.45. The number of benzene rings is 3. The van der Waals surface area contributed by atoms with E-state index < -0.39 is 17.9 Å². The first-order chi connectivity index (χ1) is 17.6.